The monoisotopic (exact) mass is 449 g/mol. The number of hydrogen-bond donors (Lipinski definition) is 4. The van der Waals surface area contributed by atoms with Crippen LogP contribution in [-0.2, 0) is 19.2 Å². The number of benzene rings is 1. The number of oxime groups is 1. The molecule has 4 N–H and O–H groups in total. The third kappa shape index (κ3) is 4.93. The molecule has 176 valence electrons. The molecule has 1 fully saturated rings. The van der Waals surface area contributed by atoms with Gasteiger partial charge in [0.1, 0.15) is 24.4 Å². The van der Waals surface area contributed by atoms with Crippen molar-refractivity contribution >= 4 is 23.2 Å². The second kappa shape index (κ2) is 9.95. The van der Waals surface area contributed by atoms with E-state index in [2.05, 4.69) is 24.3 Å². The molecule has 0 radical (unpaired) electrons. The van der Waals surface area contributed by atoms with Crippen molar-refractivity contribution in [1.82, 2.24) is 5.32 Å². The first kappa shape index (κ1) is 24.1. The van der Waals surface area contributed by atoms with Crippen LogP contribution in [0.5, 0.6) is 0 Å². The van der Waals surface area contributed by atoms with Crippen molar-refractivity contribution in [1.29, 1.82) is 0 Å². The third-order valence-corrected chi connectivity index (χ3v) is 5.57. The predicted octanol–water partition coefficient (Wildman–Crippen LogP) is 0.0521. The lowest BCUT2D eigenvalue weighted by Gasteiger charge is -2.40. The number of fused-ring (bicyclic) bond motifs is 1. The zero-order chi connectivity index (χ0) is 23.6. The number of nitrogens with zero attached hydrogens (tertiary/aromatic N) is 2. The number of carbonyl (C=O) groups excluding carboxylic acids is 2. The Kier molecular flexibility index (Phi) is 7.50. The number of carbonyl (C=O) groups is 2. The molecular formula is C22H31N3O7. The SMILES string of the molecule is CC(=O)NC1C(O/N=C2\C(=O)N(CCC(C)C)c3ccc(C)cc32)OC(CO)C(O)C1O. The highest BCUT2D eigenvalue weighted by Crippen LogP contribution is 2.31. The second-order valence-corrected chi connectivity index (χ2v) is 8.64. The molecule has 1 aromatic rings. The van der Waals surface area contributed by atoms with Crippen molar-refractivity contribution in [3.63, 3.8) is 0 Å². The van der Waals surface area contributed by atoms with Gasteiger partial charge in [-0.05, 0) is 31.4 Å². The number of rotatable bonds is 7. The third-order valence-electron chi connectivity index (χ3n) is 5.57. The lowest BCUT2D eigenvalue weighted by atomic mass is 9.97. The van der Waals surface area contributed by atoms with Gasteiger partial charge >= 0.3 is 0 Å². The Labute approximate surface area is 186 Å². The first-order chi connectivity index (χ1) is 15.1. The van der Waals surface area contributed by atoms with Gasteiger partial charge in [0.05, 0.1) is 12.3 Å². The summed E-state index contributed by atoms with van der Waals surface area (Å²) in [5.74, 6) is -0.393. The first-order valence-corrected chi connectivity index (χ1v) is 10.7. The fourth-order valence-corrected chi connectivity index (χ4v) is 3.79. The molecule has 10 nitrogen and oxygen atoms in total. The Hall–Kier alpha value is -2.53. The summed E-state index contributed by atoms with van der Waals surface area (Å²) in [6, 6.07) is 4.47. The molecule has 10 heteroatoms. The summed E-state index contributed by atoms with van der Waals surface area (Å²) >= 11 is 0. The van der Waals surface area contributed by atoms with Crippen LogP contribution in [0, 0.1) is 12.8 Å². The minimum absolute atomic E-state index is 0.0822. The zero-order valence-corrected chi connectivity index (χ0v) is 18.7. The van der Waals surface area contributed by atoms with Crippen LogP contribution in [0.2, 0.25) is 0 Å². The molecule has 32 heavy (non-hydrogen) atoms. The average molecular weight is 450 g/mol. The van der Waals surface area contributed by atoms with Crippen LogP contribution < -0.4 is 10.2 Å². The quantitative estimate of drug-likeness (QED) is 0.431. The minimum Gasteiger partial charge on any atom is -0.394 e. The molecule has 1 saturated heterocycles. The van der Waals surface area contributed by atoms with Gasteiger partial charge < -0.3 is 35.1 Å². The lowest BCUT2D eigenvalue weighted by molar-refractivity contribution is -0.270. The van der Waals surface area contributed by atoms with Crippen molar-refractivity contribution in [2.45, 2.75) is 64.8 Å². The van der Waals surface area contributed by atoms with E-state index in [1.54, 1.807) is 4.90 Å². The van der Waals surface area contributed by atoms with E-state index in [0.717, 1.165) is 17.7 Å². The maximum Gasteiger partial charge on any atom is 0.281 e. The smallest absolute Gasteiger partial charge is 0.281 e. The van der Waals surface area contributed by atoms with Gasteiger partial charge in [-0.2, -0.15) is 0 Å². The topological polar surface area (TPSA) is 141 Å². The molecule has 2 amide bonds. The van der Waals surface area contributed by atoms with Gasteiger partial charge in [-0.1, -0.05) is 30.6 Å². The Morgan fingerprint density at radius 2 is 2.03 bits per heavy atom. The van der Waals surface area contributed by atoms with Crippen molar-refractivity contribution in [3.05, 3.63) is 29.3 Å². The zero-order valence-electron chi connectivity index (χ0n) is 18.7. The molecule has 0 bridgehead atoms. The normalized spacial score (nSPS) is 28.9. The van der Waals surface area contributed by atoms with E-state index >= 15 is 0 Å². The van der Waals surface area contributed by atoms with Gasteiger partial charge in [-0.25, -0.2) is 0 Å². The number of hydrogen-bond acceptors (Lipinski definition) is 8. The molecule has 2 aliphatic rings. The Balaban J connectivity index is 1.89. The van der Waals surface area contributed by atoms with E-state index in [-0.39, 0.29) is 11.6 Å². The Bertz CT molecular complexity index is 888. The largest absolute Gasteiger partial charge is 0.394 e. The molecule has 5 unspecified atom stereocenters. The number of aliphatic hydroxyl groups excluding tert-OH is 3. The summed E-state index contributed by atoms with van der Waals surface area (Å²) in [5, 5.41) is 36.5. The molecule has 0 spiro atoms. The van der Waals surface area contributed by atoms with E-state index in [0.29, 0.717) is 18.0 Å². The predicted molar refractivity (Wildman–Crippen MR) is 116 cm³/mol. The number of aliphatic hydroxyl groups is 3. The molecule has 1 aromatic carbocycles. The van der Waals surface area contributed by atoms with Crippen LogP contribution in [0.25, 0.3) is 0 Å². The summed E-state index contributed by atoms with van der Waals surface area (Å²) < 4.78 is 5.52. The standard InChI is InChI=1S/C22H31N3O7/c1-11(2)7-8-25-15-6-5-12(3)9-14(15)17(21(25)30)24-32-22-18(23-13(4)27)20(29)19(28)16(10-26)31-22/h5-6,9,11,16,18-20,22,26,28-29H,7-8,10H2,1-4H3,(H,23,27)/b24-17-. The summed E-state index contributed by atoms with van der Waals surface area (Å²) in [7, 11) is 0. The maximum absolute atomic E-state index is 13.1. The van der Waals surface area contributed by atoms with E-state index in [4.69, 9.17) is 9.57 Å². The molecule has 3 rings (SSSR count). The fourth-order valence-electron chi connectivity index (χ4n) is 3.79. The summed E-state index contributed by atoms with van der Waals surface area (Å²) in [6.07, 6.45) is -4.56. The Morgan fingerprint density at radius 1 is 1.31 bits per heavy atom. The maximum atomic E-state index is 13.1. The highest BCUT2D eigenvalue weighted by Gasteiger charge is 2.46. The molecule has 5 atom stereocenters. The number of ether oxygens (including phenoxy) is 1. The molecule has 2 aliphatic heterocycles. The van der Waals surface area contributed by atoms with Crippen molar-refractivity contribution in [2.24, 2.45) is 11.1 Å². The molecule has 0 saturated carbocycles. The van der Waals surface area contributed by atoms with Gasteiger partial charge in [-0.15, -0.1) is 0 Å². The number of aryl methyl sites for hydroxylation is 1. The van der Waals surface area contributed by atoms with Crippen molar-refractivity contribution < 1.29 is 34.5 Å². The highest BCUT2D eigenvalue weighted by atomic mass is 16.8. The van der Waals surface area contributed by atoms with Crippen LogP contribution in [-0.4, -0.2) is 76.6 Å². The van der Waals surface area contributed by atoms with Gasteiger partial charge in [0.15, 0.2) is 5.71 Å². The molecule has 0 aliphatic carbocycles. The second-order valence-electron chi connectivity index (χ2n) is 8.64. The van der Waals surface area contributed by atoms with Gasteiger partial charge in [-0.3, -0.25) is 9.59 Å². The van der Waals surface area contributed by atoms with Gasteiger partial charge in [0.25, 0.3) is 5.91 Å². The fraction of sp³-hybridized carbons (Fsp3) is 0.591. The van der Waals surface area contributed by atoms with Crippen LogP contribution >= 0.6 is 0 Å². The summed E-state index contributed by atoms with van der Waals surface area (Å²) in [5.41, 5.74) is 2.37. The van der Waals surface area contributed by atoms with Gasteiger partial charge in [0, 0.05) is 19.0 Å². The lowest BCUT2D eigenvalue weighted by Crippen LogP contribution is -2.64. The number of anilines is 1. The Morgan fingerprint density at radius 3 is 2.66 bits per heavy atom. The molecular weight excluding hydrogens is 418 g/mol. The summed E-state index contributed by atoms with van der Waals surface area (Å²) in [6.45, 7) is 7.25. The van der Waals surface area contributed by atoms with Crippen LogP contribution in [0.15, 0.2) is 23.4 Å². The molecule has 2 heterocycles. The van der Waals surface area contributed by atoms with Crippen LogP contribution in [0.4, 0.5) is 5.69 Å². The number of amides is 2. The minimum atomic E-state index is -1.47. The van der Waals surface area contributed by atoms with E-state index in [9.17, 15) is 24.9 Å². The molecule has 0 aromatic heterocycles. The summed E-state index contributed by atoms with van der Waals surface area (Å²) in [4.78, 5) is 31.9. The van der Waals surface area contributed by atoms with E-state index < -0.39 is 43.2 Å². The average Bonchev–Trinajstić information content (AvgIpc) is 2.99. The highest BCUT2D eigenvalue weighted by molar-refractivity contribution is 6.54. The van der Waals surface area contributed by atoms with Gasteiger partial charge in [0.2, 0.25) is 12.2 Å². The van der Waals surface area contributed by atoms with E-state index in [1.165, 1.54) is 6.92 Å². The number of nitrogens with one attached hydrogen (secondary N) is 1. The van der Waals surface area contributed by atoms with E-state index in [1.807, 2.05) is 25.1 Å². The first-order valence-electron chi connectivity index (χ1n) is 10.7. The van der Waals surface area contributed by atoms with Crippen LogP contribution in [0.3, 0.4) is 0 Å². The van der Waals surface area contributed by atoms with Crippen molar-refractivity contribution in [2.75, 3.05) is 18.1 Å². The van der Waals surface area contributed by atoms with Crippen LogP contribution in [0.1, 0.15) is 38.3 Å². The van der Waals surface area contributed by atoms with Crippen molar-refractivity contribution in [3.8, 4) is 0 Å².